The zero-order valence-electron chi connectivity index (χ0n) is 9.90. The number of phenols is 1. The summed E-state index contributed by atoms with van der Waals surface area (Å²) >= 11 is 0. The largest absolute Gasteiger partial charge is 0.507 e. The molecule has 0 heterocycles. The quantitative estimate of drug-likeness (QED) is 0.724. The first kappa shape index (κ1) is 12.8. The number of rotatable bonds is 4. The Labute approximate surface area is 95.7 Å². The minimum Gasteiger partial charge on any atom is -0.507 e. The fraction of sp³-hybridized carbons (Fsp3) is 0.500. The molecule has 0 aromatic heterocycles. The highest BCUT2D eigenvalue weighted by atomic mass is 16.5. The van der Waals surface area contributed by atoms with E-state index in [-0.39, 0.29) is 12.4 Å². The lowest BCUT2D eigenvalue weighted by Crippen LogP contribution is -2.32. The van der Waals surface area contributed by atoms with E-state index >= 15 is 0 Å². The summed E-state index contributed by atoms with van der Waals surface area (Å²) in [6, 6.07) is 4.55. The third-order valence-corrected chi connectivity index (χ3v) is 2.82. The fourth-order valence-corrected chi connectivity index (χ4v) is 1.43. The highest BCUT2D eigenvalue weighted by Crippen LogP contribution is 2.36. The van der Waals surface area contributed by atoms with Gasteiger partial charge in [0, 0.05) is 29.7 Å². The highest BCUT2D eigenvalue weighted by Gasteiger charge is 2.28. The van der Waals surface area contributed by atoms with Gasteiger partial charge in [0.1, 0.15) is 11.5 Å². The maximum absolute atomic E-state index is 9.81. The van der Waals surface area contributed by atoms with Crippen LogP contribution in [0.5, 0.6) is 11.5 Å². The van der Waals surface area contributed by atoms with Crippen molar-refractivity contribution in [3.05, 3.63) is 23.8 Å². The number of hydrogen-bond acceptors (Lipinski definition) is 4. The molecule has 0 saturated carbocycles. The second-order valence-corrected chi connectivity index (χ2v) is 4.55. The third kappa shape index (κ3) is 2.46. The Morgan fingerprint density at radius 3 is 2.50 bits per heavy atom. The van der Waals surface area contributed by atoms with Gasteiger partial charge in [-0.15, -0.1) is 0 Å². The van der Waals surface area contributed by atoms with E-state index in [9.17, 15) is 10.2 Å². The Morgan fingerprint density at radius 2 is 2.06 bits per heavy atom. The molecule has 0 radical (unpaired) electrons. The maximum Gasteiger partial charge on any atom is 0.124 e. The van der Waals surface area contributed by atoms with Crippen molar-refractivity contribution < 1.29 is 14.9 Å². The second kappa shape index (κ2) is 4.72. The molecule has 1 aromatic carbocycles. The van der Waals surface area contributed by atoms with E-state index in [1.807, 2.05) is 13.8 Å². The monoisotopic (exact) mass is 225 g/mol. The minimum atomic E-state index is -0.480. The molecule has 4 N–H and O–H groups in total. The third-order valence-electron chi connectivity index (χ3n) is 2.82. The van der Waals surface area contributed by atoms with Gasteiger partial charge in [0.2, 0.25) is 0 Å². The van der Waals surface area contributed by atoms with E-state index in [2.05, 4.69) is 0 Å². The van der Waals surface area contributed by atoms with Crippen LogP contribution in [0.4, 0.5) is 0 Å². The summed E-state index contributed by atoms with van der Waals surface area (Å²) in [7, 11) is 1.53. The standard InChI is InChI=1S/C12H19NO3/c1-12(2,7-14)11(13)9-5-4-8(16-3)6-10(9)15/h4-6,11,14-15H,7,13H2,1-3H3/t11-/m1/s1. The first-order valence-electron chi connectivity index (χ1n) is 5.15. The first-order chi connectivity index (χ1) is 7.42. The molecule has 0 aliphatic heterocycles. The van der Waals surface area contributed by atoms with Crippen LogP contribution in [0.25, 0.3) is 0 Å². The first-order valence-corrected chi connectivity index (χ1v) is 5.15. The maximum atomic E-state index is 9.81. The van der Waals surface area contributed by atoms with Crippen molar-refractivity contribution in [2.75, 3.05) is 13.7 Å². The van der Waals surface area contributed by atoms with Crippen LogP contribution < -0.4 is 10.5 Å². The number of methoxy groups -OCH3 is 1. The Kier molecular flexibility index (Phi) is 3.78. The summed E-state index contributed by atoms with van der Waals surface area (Å²) in [5.41, 5.74) is 6.15. The van der Waals surface area contributed by atoms with Gasteiger partial charge >= 0.3 is 0 Å². The molecule has 0 fully saturated rings. The topological polar surface area (TPSA) is 75.7 Å². The fourth-order valence-electron chi connectivity index (χ4n) is 1.43. The summed E-state index contributed by atoms with van der Waals surface area (Å²) in [5, 5.41) is 19.0. The Hall–Kier alpha value is -1.26. The van der Waals surface area contributed by atoms with E-state index < -0.39 is 11.5 Å². The minimum absolute atomic E-state index is 0.0420. The molecule has 1 atom stereocenters. The number of aliphatic hydroxyl groups excluding tert-OH is 1. The number of nitrogens with two attached hydrogens (primary N) is 1. The summed E-state index contributed by atoms with van der Waals surface area (Å²) in [4.78, 5) is 0. The van der Waals surface area contributed by atoms with Gasteiger partial charge in [-0.25, -0.2) is 0 Å². The van der Waals surface area contributed by atoms with Crippen molar-refractivity contribution in [2.24, 2.45) is 11.1 Å². The van der Waals surface area contributed by atoms with Crippen LogP contribution in [0.15, 0.2) is 18.2 Å². The molecule has 0 spiro atoms. The van der Waals surface area contributed by atoms with E-state index in [1.165, 1.54) is 13.2 Å². The van der Waals surface area contributed by atoms with Gasteiger partial charge < -0.3 is 20.7 Å². The Balaban J connectivity index is 3.05. The Morgan fingerprint density at radius 1 is 1.44 bits per heavy atom. The molecule has 16 heavy (non-hydrogen) atoms. The summed E-state index contributed by atoms with van der Waals surface area (Å²) in [6.07, 6.45) is 0. The molecular formula is C12H19NO3. The van der Waals surface area contributed by atoms with Gasteiger partial charge in [0.25, 0.3) is 0 Å². The number of phenolic OH excluding ortho intramolecular Hbond substituents is 1. The number of benzene rings is 1. The highest BCUT2D eigenvalue weighted by molar-refractivity contribution is 5.42. The molecular weight excluding hydrogens is 206 g/mol. The molecule has 0 aliphatic rings. The van der Waals surface area contributed by atoms with Gasteiger partial charge in [-0.2, -0.15) is 0 Å². The average Bonchev–Trinajstić information content (AvgIpc) is 2.28. The smallest absolute Gasteiger partial charge is 0.124 e. The van der Waals surface area contributed by atoms with E-state index in [1.54, 1.807) is 12.1 Å². The molecule has 0 amide bonds. The summed E-state index contributed by atoms with van der Waals surface area (Å²) in [6.45, 7) is 3.66. The molecule has 0 aliphatic carbocycles. The average molecular weight is 225 g/mol. The zero-order chi connectivity index (χ0) is 12.3. The van der Waals surface area contributed by atoms with Gasteiger partial charge in [-0.1, -0.05) is 19.9 Å². The second-order valence-electron chi connectivity index (χ2n) is 4.55. The zero-order valence-corrected chi connectivity index (χ0v) is 9.90. The van der Waals surface area contributed by atoms with Crippen LogP contribution in [0, 0.1) is 5.41 Å². The normalized spacial score (nSPS) is 13.6. The predicted octanol–water partition coefficient (Wildman–Crippen LogP) is 1.42. The number of ether oxygens (including phenoxy) is 1. The van der Waals surface area contributed by atoms with Crippen LogP contribution >= 0.6 is 0 Å². The van der Waals surface area contributed by atoms with Crippen LogP contribution in [0.3, 0.4) is 0 Å². The predicted molar refractivity (Wildman–Crippen MR) is 62.5 cm³/mol. The SMILES string of the molecule is COc1ccc([C@@H](N)C(C)(C)CO)c(O)c1. The van der Waals surface area contributed by atoms with Crippen molar-refractivity contribution in [3.63, 3.8) is 0 Å². The summed E-state index contributed by atoms with van der Waals surface area (Å²) in [5.74, 6) is 0.670. The molecule has 1 aromatic rings. The van der Waals surface area contributed by atoms with E-state index in [0.717, 1.165) is 0 Å². The lowest BCUT2D eigenvalue weighted by molar-refractivity contribution is 0.131. The van der Waals surface area contributed by atoms with Crippen molar-refractivity contribution >= 4 is 0 Å². The van der Waals surface area contributed by atoms with Crippen molar-refractivity contribution in [3.8, 4) is 11.5 Å². The van der Waals surface area contributed by atoms with E-state index in [4.69, 9.17) is 10.5 Å². The van der Waals surface area contributed by atoms with Crippen LogP contribution in [-0.4, -0.2) is 23.9 Å². The molecule has 0 unspecified atom stereocenters. The molecule has 1 rings (SSSR count). The van der Waals surface area contributed by atoms with Crippen LogP contribution in [0.1, 0.15) is 25.5 Å². The molecule has 90 valence electrons. The number of aliphatic hydroxyl groups is 1. The molecule has 0 bridgehead atoms. The van der Waals surface area contributed by atoms with Gasteiger partial charge in [-0.05, 0) is 6.07 Å². The van der Waals surface area contributed by atoms with Gasteiger partial charge in [-0.3, -0.25) is 0 Å². The van der Waals surface area contributed by atoms with Crippen molar-refractivity contribution in [2.45, 2.75) is 19.9 Å². The van der Waals surface area contributed by atoms with Gasteiger partial charge in [0.05, 0.1) is 7.11 Å². The van der Waals surface area contributed by atoms with Crippen molar-refractivity contribution in [1.82, 2.24) is 0 Å². The van der Waals surface area contributed by atoms with Gasteiger partial charge in [0.15, 0.2) is 0 Å². The van der Waals surface area contributed by atoms with Crippen molar-refractivity contribution in [1.29, 1.82) is 0 Å². The molecule has 0 saturated heterocycles. The number of aromatic hydroxyl groups is 1. The molecule has 4 nitrogen and oxygen atoms in total. The molecule has 4 heteroatoms. The lowest BCUT2D eigenvalue weighted by Gasteiger charge is -2.30. The van der Waals surface area contributed by atoms with E-state index in [0.29, 0.717) is 11.3 Å². The lowest BCUT2D eigenvalue weighted by atomic mass is 9.81. The van der Waals surface area contributed by atoms with Crippen LogP contribution in [0.2, 0.25) is 0 Å². The summed E-state index contributed by atoms with van der Waals surface area (Å²) < 4.78 is 4.99. The Bertz CT molecular complexity index is 363. The van der Waals surface area contributed by atoms with Crippen LogP contribution in [-0.2, 0) is 0 Å². The number of hydrogen-bond donors (Lipinski definition) is 3.